The zero-order valence-electron chi connectivity index (χ0n) is 11.9. The maximum absolute atomic E-state index is 4.28. The first-order chi connectivity index (χ1) is 10.8. The number of aromatic nitrogens is 6. The summed E-state index contributed by atoms with van der Waals surface area (Å²) in [5.74, 6) is 1.18. The van der Waals surface area contributed by atoms with Crippen LogP contribution in [-0.2, 0) is 0 Å². The van der Waals surface area contributed by atoms with Crippen molar-refractivity contribution in [3.8, 4) is 0 Å². The SMILES string of the molecule is CCNc1ncnc(SSSSc2ncnc(NCC)n2)n1. The van der Waals surface area contributed by atoms with Crippen LogP contribution in [0.3, 0.4) is 0 Å². The highest BCUT2D eigenvalue weighted by Gasteiger charge is 2.05. The Morgan fingerprint density at radius 3 is 1.64 bits per heavy atom. The summed E-state index contributed by atoms with van der Waals surface area (Å²) in [6, 6.07) is 0. The van der Waals surface area contributed by atoms with Crippen molar-refractivity contribution >= 4 is 53.1 Å². The minimum atomic E-state index is 0.589. The fraction of sp³-hybridized carbons (Fsp3) is 0.400. The number of anilines is 2. The highest BCUT2D eigenvalue weighted by Crippen LogP contribution is 2.47. The van der Waals surface area contributed by atoms with Crippen LogP contribution in [-0.4, -0.2) is 43.0 Å². The summed E-state index contributed by atoms with van der Waals surface area (Å²) in [5, 5.41) is 7.42. The van der Waals surface area contributed by atoms with Crippen LogP contribution in [0.2, 0.25) is 0 Å². The average Bonchev–Trinajstić information content (AvgIpc) is 2.53. The lowest BCUT2D eigenvalue weighted by Crippen LogP contribution is -2.02. The van der Waals surface area contributed by atoms with Gasteiger partial charge in [-0.3, -0.25) is 0 Å². The van der Waals surface area contributed by atoms with E-state index in [9.17, 15) is 0 Å². The molecule has 0 aliphatic rings. The first kappa shape index (κ1) is 17.4. The molecule has 0 saturated carbocycles. The third-order valence-corrected chi connectivity index (χ3v) is 7.59. The van der Waals surface area contributed by atoms with E-state index in [1.54, 1.807) is 19.7 Å². The third kappa shape index (κ3) is 6.02. The van der Waals surface area contributed by atoms with Crippen molar-refractivity contribution in [1.29, 1.82) is 0 Å². The second kappa shape index (κ2) is 9.92. The van der Waals surface area contributed by atoms with Crippen LogP contribution in [0, 0.1) is 0 Å². The van der Waals surface area contributed by atoms with E-state index in [4.69, 9.17) is 0 Å². The molecule has 2 rings (SSSR count). The molecule has 0 amide bonds. The van der Waals surface area contributed by atoms with Gasteiger partial charge in [0.25, 0.3) is 0 Å². The lowest BCUT2D eigenvalue weighted by Gasteiger charge is -2.03. The second-order valence-corrected chi connectivity index (χ2v) is 9.15. The predicted molar refractivity (Wildman–Crippen MR) is 94.9 cm³/mol. The van der Waals surface area contributed by atoms with Gasteiger partial charge < -0.3 is 10.6 Å². The van der Waals surface area contributed by atoms with Crippen molar-refractivity contribution in [2.24, 2.45) is 0 Å². The summed E-state index contributed by atoms with van der Waals surface area (Å²) < 4.78 is 0. The Kier molecular flexibility index (Phi) is 7.83. The molecule has 118 valence electrons. The maximum Gasteiger partial charge on any atom is 0.226 e. The number of hydrogen-bond acceptors (Lipinski definition) is 12. The van der Waals surface area contributed by atoms with Gasteiger partial charge in [0.1, 0.15) is 12.7 Å². The molecule has 0 bridgehead atoms. The number of hydrogen-bond donors (Lipinski definition) is 2. The van der Waals surface area contributed by atoms with Crippen molar-refractivity contribution in [3.63, 3.8) is 0 Å². The van der Waals surface area contributed by atoms with Crippen molar-refractivity contribution < 1.29 is 0 Å². The molecular formula is C10H14N8S4. The summed E-state index contributed by atoms with van der Waals surface area (Å²) in [5.41, 5.74) is 0. The smallest absolute Gasteiger partial charge is 0.226 e. The molecule has 12 heteroatoms. The molecule has 0 atom stereocenters. The van der Waals surface area contributed by atoms with Crippen molar-refractivity contribution in [1.82, 2.24) is 29.9 Å². The third-order valence-electron chi connectivity index (χ3n) is 2.01. The zero-order valence-corrected chi connectivity index (χ0v) is 15.2. The van der Waals surface area contributed by atoms with Crippen LogP contribution in [0.25, 0.3) is 0 Å². The van der Waals surface area contributed by atoms with Gasteiger partial charge >= 0.3 is 0 Å². The van der Waals surface area contributed by atoms with Crippen LogP contribution >= 0.6 is 41.2 Å². The molecular weight excluding hydrogens is 360 g/mol. The molecule has 0 spiro atoms. The molecule has 0 fully saturated rings. The lowest BCUT2D eigenvalue weighted by atomic mass is 10.7. The van der Waals surface area contributed by atoms with Crippen molar-refractivity contribution in [2.75, 3.05) is 23.7 Å². The summed E-state index contributed by atoms with van der Waals surface area (Å²) in [4.78, 5) is 24.8. The Labute approximate surface area is 143 Å². The lowest BCUT2D eigenvalue weighted by molar-refractivity contribution is 0.901. The van der Waals surface area contributed by atoms with Gasteiger partial charge in [0.2, 0.25) is 22.2 Å². The van der Waals surface area contributed by atoms with E-state index in [1.165, 1.54) is 34.2 Å². The van der Waals surface area contributed by atoms with Gasteiger partial charge in [-0.15, -0.1) is 0 Å². The largest absolute Gasteiger partial charge is 0.354 e. The van der Waals surface area contributed by atoms with Gasteiger partial charge in [0.15, 0.2) is 0 Å². The molecule has 8 nitrogen and oxygen atoms in total. The van der Waals surface area contributed by atoms with Crippen LogP contribution in [0.4, 0.5) is 11.9 Å². The predicted octanol–water partition coefficient (Wildman–Crippen LogP) is 3.02. The maximum atomic E-state index is 4.28. The molecule has 0 aliphatic carbocycles. The monoisotopic (exact) mass is 374 g/mol. The molecule has 0 aliphatic heterocycles. The van der Waals surface area contributed by atoms with E-state index < -0.39 is 0 Å². The molecule has 22 heavy (non-hydrogen) atoms. The number of nitrogens with one attached hydrogen (secondary N) is 2. The van der Waals surface area contributed by atoms with E-state index in [2.05, 4.69) is 40.5 Å². The molecule has 0 aromatic carbocycles. The quantitative estimate of drug-likeness (QED) is 0.498. The fourth-order valence-corrected chi connectivity index (χ4v) is 5.93. The molecule has 0 unspecified atom stereocenters. The van der Waals surface area contributed by atoms with Gasteiger partial charge in [0, 0.05) is 13.1 Å². The topological polar surface area (TPSA) is 101 Å². The summed E-state index contributed by atoms with van der Waals surface area (Å²) in [6.07, 6.45) is 3.00. The van der Waals surface area contributed by atoms with Crippen LogP contribution in [0.15, 0.2) is 23.0 Å². The molecule has 2 aromatic rings. The summed E-state index contributed by atoms with van der Waals surface area (Å²) in [6.45, 7) is 5.54. The summed E-state index contributed by atoms with van der Waals surface area (Å²) in [7, 11) is 6.01. The fourth-order valence-electron chi connectivity index (χ4n) is 1.22. The van der Waals surface area contributed by atoms with E-state index in [1.807, 2.05) is 13.8 Å². The van der Waals surface area contributed by atoms with Gasteiger partial charge in [-0.25, -0.2) is 19.9 Å². The second-order valence-electron chi connectivity index (χ2n) is 3.55. The highest BCUT2D eigenvalue weighted by atomic mass is 33.7. The van der Waals surface area contributed by atoms with Gasteiger partial charge in [-0.1, -0.05) is 0 Å². The van der Waals surface area contributed by atoms with Crippen molar-refractivity contribution in [3.05, 3.63) is 12.7 Å². The Bertz CT molecular complexity index is 535. The van der Waals surface area contributed by atoms with Crippen LogP contribution in [0.1, 0.15) is 13.8 Å². The minimum absolute atomic E-state index is 0.589. The molecule has 0 saturated heterocycles. The van der Waals surface area contributed by atoms with Crippen LogP contribution in [0.5, 0.6) is 0 Å². The first-order valence-corrected chi connectivity index (χ1v) is 11.2. The van der Waals surface area contributed by atoms with Gasteiger partial charge in [-0.05, 0) is 55.1 Å². The van der Waals surface area contributed by atoms with Crippen molar-refractivity contribution in [2.45, 2.75) is 24.2 Å². The average molecular weight is 375 g/mol. The normalized spacial score (nSPS) is 10.5. The van der Waals surface area contributed by atoms with E-state index in [0.29, 0.717) is 22.2 Å². The zero-order chi connectivity index (χ0) is 15.6. The van der Waals surface area contributed by atoms with Gasteiger partial charge in [-0.2, -0.15) is 9.97 Å². The number of nitrogens with zero attached hydrogens (tertiary/aromatic N) is 6. The Morgan fingerprint density at radius 1 is 0.773 bits per heavy atom. The Morgan fingerprint density at radius 2 is 1.23 bits per heavy atom. The number of rotatable bonds is 9. The minimum Gasteiger partial charge on any atom is -0.354 e. The molecule has 2 heterocycles. The summed E-state index contributed by atoms with van der Waals surface area (Å²) >= 11 is 0. The standard InChI is InChI=1S/C10H14N8S4/c1-3-11-7-13-5-15-9(17-7)19-21-22-20-10-16-6-14-8(18-10)12-4-2/h5-6H,3-4H2,1-2H3,(H,11,13,15,17)(H,12,14,16,18). The first-order valence-electron chi connectivity index (χ1n) is 6.35. The van der Waals surface area contributed by atoms with E-state index in [-0.39, 0.29) is 0 Å². The molecule has 2 N–H and O–H groups in total. The van der Waals surface area contributed by atoms with E-state index in [0.717, 1.165) is 13.1 Å². The van der Waals surface area contributed by atoms with Gasteiger partial charge in [0.05, 0.1) is 0 Å². The highest BCUT2D eigenvalue weighted by molar-refractivity contribution is 9.26. The van der Waals surface area contributed by atoms with Crippen LogP contribution < -0.4 is 10.6 Å². The molecule has 0 radical (unpaired) electrons. The Hall–Kier alpha value is -0.980. The molecule has 2 aromatic heterocycles. The van der Waals surface area contributed by atoms with E-state index >= 15 is 0 Å². The Balaban J connectivity index is 1.77.